The van der Waals surface area contributed by atoms with E-state index in [4.69, 9.17) is 0 Å². The van der Waals surface area contributed by atoms with Crippen LogP contribution in [-0.4, -0.2) is 11.2 Å². The van der Waals surface area contributed by atoms with Crippen molar-refractivity contribution in [1.82, 2.24) is 4.57 Å². The molecule has 0 unspecified atom stereocenters. The lowest BCUT2D eigenvalue weighted by Crippen LogP contribution is -1.97. The van der Waals surface area contributed by atoms with Crippen molar-refractivity contribution in [2.75, 3.05) is 6.67 Å². The van der Waals surface area contributed by atoms with Gasteiger partial charge >= 0.3 is 0 Å². The van der Waals surface area contributed by atoms with E-state index in [-0.39, 0.29) is 6.67 Å². The summed E-state index contributed by atoms with van der Waals surface area (Å²) in [6.45, 7) is 4.50. The normalized spacial score (nSPS) is 11.5. The summed E-state index contributed by atoms with van der Waals surface area (Å²) in [5, 5.41) is 1.25. The molecule has 0 amide bonds. The molecule has 0 aliphatic carbocycles. The lowest BCUT2D eigenvalue weighted by molar-refractivity contribution is 0.451. The number of halogens is 1. The van der Waals surface area contributed by atoms with Gasteiger partial charge in [-0.05, 0) is 23.6 Å². The zero-order valence-corrected chi connectivity index (χ0v) is 9.20. The van der Waals surface area contributed by atoms with E-state index in [1.165, 1.54) is 10.9 Å². The predicted octanol–water partition coefficient (Wildman–Crippen LogP) is 3.73. The lowest BCUT2D eigenvalue weighted by atomic mass is 9.99. The second kappa shape index (κ2) is 4.05. The van der Waals surface area contributed by atoms with Gasteiger partial charge in [-0.1, -0.05) is 26.0 Å². The number of rotatable bonds is 3. The third-order valence-corrected chi connectivity index (χ3v) is 2.79. The number of hydrogen-bond donors (Lipinski definition) is 0. The Morgan fingerprint density at radius 3 is 2.73 bits per heavy atom. The smallest absolute Gasteiger partial charge is 0.107 e. The summed E-state index contributed by atoms with van der Waals surface area (Å²) in [5.74, 6) is 0.509. The van der Waals surface area contributed by atoms with Gasteiger partial charge in [0.2, 0.25) is 0 Å². The van der Waals surface area contributed by atoms with Gasteiger partial charge < -0.3 is 4.57 Å². The van der Waals surface area contributed by atoms with Crippen LogP contribution in [0.3, 0.4) is 0 Å². The van der Waals surface area contributed by atoms with E-state index in [2.05, 4.69) is 32.0 Å². The van der Waals surface area contributed by atoms with Gasteiger partial charge in [0.25, 0.3) is 0 Å². The zero-order valence-electron chi connectivity index (χ0n) is 9.20. The number of hydrogen-bond acceptors (Lipinski definition) is 0. The molecule has 0 aliphatic rings. The van der Waals surface area contributed by atoms with Gasteiger partial charge in [0, 0.05) is 17.1 Å². The Bertz CT molecular complexity index is 457. The Morgan fingerprint density at radius 1 is 1.27 bits per heavy atom. The fourth-order valence-corrected chi connectivity index (χ4v) is 2.04. The van der Waals surface area contributed by atoms with Crippen molar-refractivity contribution in [1.29, 1.82) is 0 Å². The van der Waals surface area contributed by atoms with Crippen LogP contribution in [0.4, 0.5) is 4.39 Å². The van der Waals surface area contributed by atoms with Gasteiger partial charge in [0.1, 0.15) is 6.67 Å². The summed E-state index contributed by atoms with van der Waals surface area (Å²) in [5.41, 5.74) is 2.48. The maximum absolute atomic E-state index is 12.3. The standard InChI is InChI=1S/C13H16FN/c1-10(2)11-4-3-5-13-12(11)6-8-15(13)9-7-14/h3-6,8,10H,7,9H2,1-2H3. The number of aromatic nitrogens is 1. The fourth-order valence-electron chi connectivity index (χ4n) is 2.04. The maximum Gasteiger partial charge on any atom is 0.107 e. The Morgan fingerprint density at radius 2 is 2.07 bits per heavy atom. The molecule has 0 N–H and O–H groups in total. The van der Waals surface area contributed by atoms with Crippen molar-refractivity contribution in [3.05, 3.63) is 36.0 Å². The molecule has 80 valence electrons. The summed E-state index contributed by atoms with van der Waals surface area (Å²) in [6.07, 6.45) is 1.97. The van der Waals surface area contributed by atoms with Crippen LogP contribution in [0.25, 0.3) is 10.9 Å². The van der Waals surface area contributed by atoms with Crippen LogP contribution in [0.5, 0.6) is 0 Å². The van der Waals surface area contributed by atoms with E-state index in [1.807, 2.05) is 16.8 Å². The first-order valence-electron chi connectivity index (χ1n) is 5.37. The highest BCUT2D eigenvalue weighted by Crippen LogP contribution is 2.26. The van der Waals surface area contributed by atoms with Crippen LogP contribution in [0.1, 0.15) is 25.3 Å². The monoisotopic (exact) mass is 205 g/mol. The largest absolute Gasteiger partial charge is 0.345 e. The molecule has 0 atom stereocenters. The number of fused-ring (bicyclic) bond motifs is 1. The van der Waals surface area contributed by atoms with Crippen LogP contribution in [0.2, 0.25) is 0 Å². The summed E-state index contributed by atoms with van der Waals surface area (Å²) in [6, 6.07) is 8.33. The highest BCUT2D eigenvalue weighted by Gasteiger charge is 2.07. The van der Waals surface area contributed by atoms with E-state index in [9.17, 15) is 4.39 Å². The van der Waals surface area contributed by atoms with Gasteiger partial charge in [-0.25, -0.2) is 4.39 Å². The minimum Gasteiger partial charge on any atom is -0.345 e. The molecule has 2 heteroatoms. The van der Waals surface area contributed by atoms with E-state index in [0.717, 1.165) is 5.52 Å². The first kappa shape index (κ1) is 10.2. The molecule has 2 rings (SSSR count). The van der Waals surface area contributed by atoms with Crippen molar-refractivity contribution < 1.29 is 4.39 Å². The SMILES string of the molecule is CC(C)c1cccc2c1ccn2CCF. The molecule has 0 bridgehead atoms. The highest BCUT2D eigenvalue weighted by molar-refractivity contribution is 5.84. The molecule has 1 heterocycles. The van der Waals surface area contributed by atoms with Crippen LogP contribution in [-0.2, 0) is 6.54 Å². The molecule has 2 aromatic rings. The van der Waals surface area contributed by atoms with Crippen LogP contribution >= 0.6 is 0 Å². The lowest BCUT2D eigenvalue weighted by Gasteiger charge is -2.08. The van der Waals surface area contributed by atoms with E-state index in [0.29, 0.717) is 12.5 Å². The van der Waals surface area contributed by atoms with Crippen molar-refractivity contribution in [3.63, 3.8) is 0 Å². The van der Waals surface area contributed by atoms with Crippen molar-refractivity contribution in [2.45, 2.75) is 26.3 Å². The summed E-state index contributed by atoms with van der Waals surface area (Å²) in [7, 11) is 0. The molecule has 0 saturated carbocycles. The van der Waals surface area contributed by atoms with Crippen LogP contribution in [0, 0.1) is 0 Å². The molecule has 15 heavy (non-hydrogen) atoms. The fraction of sp³-hybridized carbons (Fsp3) is 0.385. The molecule has 0 radical (unpaired) electrons. The van der Waals surface area contributed by atoms with Gasteiger partial charge in [0.15, 0.2) is 0 Å². The summed E-state index contributed by atoms with van der Waals surface area (Å²) >= 11 is 0. The average Bonchev–Trinajstić information content (AvgIpc) is 2.62. The summed E-state index contributed by atoms with van der Waals surface area (Å²) in [4.78, 5) is 0. The van der Waals surface area contributed by atoms with Crippen LogP contribution in [0.15, 0.2) is 30.5 Å². The van der Waals surface area contributed by atoms with E-state index >= 15 is 0 Å². The van der Waals surface area contributed by atoms with Gasteiger partial charge in [-0.2, -0.15) is 0 Å². The topological polar surface area (TPSA) is 4.93 Å². The molecular formula is C13H16FN. The van der Waals surface area contributed by atoms with Gasteiger partial charge in [0.05, 0.1) is 6.54 Å². The number of benzene rings is 1. The highest BCUT2D eigenvalue weighted by atomic mass is 19.1. The molecule has 1 aromatic carbocycles. The summed E-state index contributed by atoms with van der Waals surface area (Å²) < 4.78 is 14.3. The van der Waals surface area contributed by atoms with Gasteiger partial charge in [-0.15, -0.1) is 0 Å². The number of alkyl halides is 1. The Kier molecular flexibility index (Phi) is 2.76. The number of aryl methyl sites for hydroxylation is 1. The zero-order chi connectivity index (χ0) is 10.8. The molecule has 0 fully saturated rings. The Hall–Kier alpha value is -1.31. The van der Waals surface area contributed by atoms with Crippen molar-refractivity contribution in [2.24, 2.45) is 0 Å². The molecular weight excluding hydrogens is 189 g/mol. The Balaban J connectivity index is 2.58. The van der Waals surface area contributed by atoms with Crippen molar-refractivity contribution in [3.8, 4) is 0 Å². The molecule has 1 nitrogen and oxygen atoms in total. The second-order valence-corrected chi connectivity index (χ2v) is 4.13. The van der Waals surface area contributed by atoms with Gasteiger partial charge in [-0.3, -0.25) is 0 Å². The molecule has 1 aromatic heterocycles. The predicted molar refractivity (Wildman–Crippen MR) is 62.0 cm³/mol. The minimum atomic E-state index is -0.310. The van der Waals surface area contributed by atoms with Crippen molar-refractivity contribution >= 4 is 10.9 Å². The quantitative estimate of drug-likeness (QED) is 0.719. The molecule has 0 spiro atoms. The van der Waals surface area contributed by atoms with E-state index < -0.39 is 0 Å². The third-order valence-electron chi connectivity index (χ3n) is 2.79. The average molecular weight is 205 g/mol. The van der Waals surface area contributed by atoms with E-state index in [1.54, 1.807) is 0 Å². The van der Waals surface area contributed by atoms with Crippen LogP contribution < -0.4 is 0 Å². The third kappa shape index (κ3) is 1.76. The maximum atomic E-state index is 12.3. The molecule has 0 saturated heterocycles. The second-order valence-electron chi connectivity index (χ2n) is 4.13. The minimum absolute atomic E-state index is 0.310. The first-order valence-corrected chi connectivity index (χ1v) is 5.37. The molecule has 0 aliphatic heterocycles. The number of nitrogens with zero attached hydrogens (tertiary/aromatic N) is 1. The first-order chi connectivity index (χ1) is 7.24. The Labute approximate surface area is 89.5 Å².